The van der Waals surface area contributed by atoms with Gasteiger partial charge in [0.2, 0.25) is 20.9 Å². The van der Waals surface area contributed by atoms with Crippen LogP contribution in [0.4, 0.5) is 0 Å². The minimum Gasteiger partial charge on any atom is -0.477 e. The van der Waals surface area contributed by atoms with Crippen molar-refractivity contribution in [3.63, 3.8) is 0 Å². The van der Waals surface area contributed by atoms with Gasteiger partial charge in [0.1, 0.15) is 0 Å². The third-order valence-electron chi connectivity index (χ3n) is 4.87. The summed E-state index contributed by atoms with van der Waals surface area (Å²) in [6.07, 6.45) is 5.73. The number of hydrogen-bond acceptors (Lipinski definition) is 7. The third-order valence-corrected chi connectivity index (χ3v) is 5.77. The van der Waals surface area contributed by atoms with E-state index in [0.29, 0.717) is 55.7 Å². The Bertz CT molecular complexity index is 1010. The second kappa shape index (κ2) is 7.05. The molecule has 0 atom stereocenters. The number of H-pyrrole nitrogens is 1. The largest absolute Gasteiger partial charge is 0.477 e. The molecule has 0 spiro atoms. The molecule has 144 valence electrons. The molecule has 0 saturated heterocycles. The lowest BCUT2D eigenvalue weighted by molar-refractivity contribution is 0.229. The number of pyridine rings is 1. The van der Waals surface area contributed by atoms with E-state index in [9.17, 15) is 13.2 Å². The Kier molecular flexibility index (Phi) is 4.73. The van der Waals surface area contributed by atoms with Crippen molar-refractivity contribution in [1.82, 2.24) is 19.9 Å². The van der Waals surface area contributed by atoms with Gasteiger partial charge in [0.05, 0.1) is 17.9 Å². The molecule has 1 aliphatic carbocycles. The number of ether oxygens (including phenoxy) is 1. The molecule has 8 nitrogen and oxygen atoms in total. The molecule has 3 heterocycles. The van der Waals surface area contributed by atoms with Gasteiger partial charge in [-0.3, -0.25) is 14.7 Å². The first-order valence-corrected chi connectivity index (χ1v) is 10.9. The molecular formula is C18H22N4O4S. The van der Waals surface area contributed by atoms with Gasteiger partial charge in [-0.1, -0.05) is 6.07 Å². The monoisotopic (exact) mass is 390 g/mol. The summed E-state index contributed by atoms with van der Waals surface area (Å²) in [6, 6.07) is 3.87. The molecule has 0 radical (unpaired) electrons. The number of nitrogens with zero attached hydrogens (tertiary/aromatic N) is 3. The normalized spacial score (nSPS) is 17.5. The predicted octanol–water partition coefficient (Wildman–Crippen LogP) is 0.915. The fraction of sp³-hybridized carbons (Fsp3) is 0.500. The van der Waals surface area contributed by atoms with E-state index >= 15 is 0 Å². The molecule has 9 heteroatoms. The number of aromatic amines is 1. The van der Waals surface area contributed by atoms with Crippen molar-refractivity contribution in [3.05, 3.63) is 45.5 Å². The molecule has 0 bridgehead atoms. The van der Waals surface area contributed by atoms with Gasteiger partial charge < -0.3 is 4.74 Å². The van der Waals surface area contributed by atoms with Crippen LogP contribution in [0, 0.1) is 5.92 Å². The highest BCUT2D eigenvalue weighted by molar-refractivity contribution is 7.90. The van der Waals surface area contributed by atoms with Crippen LogP contribution in [0.3, 0.4) is 0 Å². The van der Waals surface area contributed by atoms with Crippen LogP contribution in [-0.2, 0) is 29.3 Å². The van der Waals surface area contributed by atoms with E-state index in [0.717, 1.165) is 11.8 Å². The van der Waals surface area contributed by atoms with E-state index in [-0.39, 0.29) is 10.7 Å². The molecule has 1 aliphatic heterocycles. The summed E-state index contributed by atoms with van der Waals surface area (Å²) < 4.78 is 29.2. The Balaban J connectivity index is 1.51. The molecule has 0 aromatic carbocycles. The molecule has 1 fully saturated rings. The van der Waals surface area contributed by atoms with Gasteiger partial charge >= 0.3 is 0 Å². The number of sulfone groups is 1. The maximum Gasteiger partial charge on any atom is 0.256 e. The van der Waals surface area contributed by atoms with Gasteiger partial charge in [0.15, 0.2) is 0 Å². The standard InChI is InChI=1S/C18H22N4O4S/c1-27(24,25)18-20-15-6-8-22(10-14(15)16(23)21-18)9-13-3-2-7-19-17(13)26-11-12-4-5-12/h2-3,7,12H,4-6,8-11H2,1H3,(H,20,21,23). The van der Waals surface area contributed by atoms with Crippen molar-refractivity contribution < 1.29 is 13.2 Å². The zero-order valence-electron chi connectivity index (χ0n) is 15.1. The van der Waals surface area contributed by atoms with Crippen molar-refractivity contribution in [2.45, 2.75) is 37.5 Å². The van der Waals surface area contributed by atoms with Gasteiger partial charge in [0, 0.05) is 44.1 Å². The predicted molar refractivity (Wildman–Crippen MR) is 98.2 cm³/mol. The first-order chi connectivity index (χ1) is 12.9. The van der Waals surface area contributed by atoms with E-state index in [1.54, 1.807) is 6.20 Å². The smallest absolute Gasteiger partial charge is 0.256 e. The lowest BCUT2D eigenvalue weighted by Gasteiger charge is -2.28. The van der Waals surface area contributed by atoms with Gasteiger partial charge in [0.25, 0.3) is 5.56 Å². The van der Waals surface area contributed by atoms with Crippen LogP contribution in [0.25, 0.3) is 0 Å². The highest BCUT2D eigenvalue weighted by Crippen LogP contribution is 2.30. The lowest BCUT2D eigenvalue weighted by atomic mass is 10.1. The van der Waals surface area contributed by atoms with Crippen molar-refractivity contribution >= 4 is 9.84 Å². The van der Waals surface area contributed by atoms with Crippen LogP contribution >= 0.6 is 0 Å². The third kappa shape index (κ3) is 4.19. The minimum atomic E-state index is -3.54. The van der Waals surface area contributed by atoms with E-state index in [1.165, 1.54) is 12.8 Å². The summed E-state index contributed by atoms with van der Waals surface area (Å²) in [6.45, 7) is 2.41. The molecule has 27 heavy (non-hydrogen) atoms. The summed E-state index contributed by atoms with van der Waals surface area (Å²) in [5.74, 6) is 1.30. The molecule has 0 unspecified atom stereocenters. The van der Waals surface area contributed by atoms with Crippen LogP contribution in [0.1, 0.15) is 29.7 Å². The summed E-state index contributed by atoms with van der Waals surface area (Å²) in [4.78, 5) is 25.4. The number of aromatic nitrogens is 3. The maximum absolute atomic E-state index is 12.4. The average Bonchev–Trinajstić information content (AvgIpc) is 3.45. The zero-order chi connectivity index (χ0) is 19.0. The van der Waals surface area contributed by atoms with Gasteiger partial charge in [-0.05, 0) is 24.8 Å². The topological polar surface area (TPSA) is 105 Å². The van der Waals surface area contributed by atoms with Crippen LogP contribution in [0.2, 0.25) is 0 Å². The summed E-state index contributed by atoms with van der Waals surface area (Å²) in [5.41, 5.74) is 1.69. The van der Waals surface area contributed by atoms with E-state index < -0.39 is 9.84 Å². The number of fused-ring (bicyclic) bond motifs is 1. The van der Waals surface area contributed by atoms with Crippen LogP contribution in [0.5, 0.6) is 5.88 Å². The number of rotatable bonds is 6. The zero-order valence-corrected chi connectivity index (χ0v) is 16.0. The Hall–Kier alpha value is -2.26. The summed E-state index contributed by atoms with van der Waals surface area (Å²) in [5, 5.41) is -0.261. The van der Waals surface area contributed by atoms with E-state index in [2.05, 4.69) is 19.9 Å². The van der Waals surface area contributed by atoms with Crippen molar-refractivity contribution in [3.8, 4) is 5.88 Å². The van der Waals surface area contributed by atoms with Crippen molar-refractivity contribution in [2.75, 3.05) is 19.4 Å². The molecule has 2 aromatic heterocycles. The SMILES string of the molecule is CS(=O)(=O)c1nc2c(c(=O)[nH]1)CN(Cc1cccnc1OCC1CC1)CC2. The maximum atomic E-state index is 12.4. The number of nitrogens with one attached hydrogen (secondary N) is 1. The Morgan fingerprint density at radius 1 is 1.37 bits per heavy atom. The lowest BCUT2D eigenvalue weighted by Crippen LogP contribution is -2.36. The minimum absolute atomic E-state index is 0.261. The highest BCUT2D eigenvalue weighted by Gasteiger charge is 2.25. The fourth-order valence-corrected chi connectivity index (χ4v) is 3.72. The second-order valence-electron chi connectivity index (χ2n) is 7.25. The molecule has 1 N–H and O–H groups in total. The summed E-state index contributed by atoms with van der Waals surface area (Å²) in [7, 11) is -3.54. The van der Waals surface area contributed by atoms with Crippen molar-refractivity contribution in [2.24, 2.45) is 5.92 Å². The van der Waals surface area contributed by atoms with Crippen LogP contribution in [0.15, 0.2) is 28.3 Å². The molecule has 2 aliphatic rings. The van der Waals surface area contributed by atoms with Gasteiger partial charge in [-0.15, -0.1) is 0 Å². The van der Waals surface area contributed by atoms with Crippen LogP contribution < -0.4 is 10.3 Å². The molecular weight excluding hydrogens is 368 g/mol. The first-order valence-electron chi connectivity index (χ1n) is 9.01. The van der Waals surface area contributed by atoms with Gasteiger partial charge in [-0.2, -0.15) is 0 Å². The molecule has 0 amide bonds. The summed E-state index contributed by atoms with van der Waals surface area (Å²) >= 11 is 0. The van der Waals surface area contributed by atoms with E-state index in [4.69, 9.17) is 4.74 Å². The quantitative estimate of drug-likeness (QED) is 0.731. The molecule has 1 saturated carbocycles. The van der Waals surface area contributed by atoms with Crippen LogP contribution in [-0.4, -0.2) is 47.7 Å². The molecule has 2 aromatic rings. The fourth-order valence-electron chi connectivity index (χ4n) is 3.17. The average molecular weight is 390 g/mol. The Morgan fingerprint density at radius 2 is 2.19 bits per heavy atom. The second-order valence-corrected chi connectivity index (χ2v) is 9.18. The Morgan fingerprint density at radius 3 is 2.93 bits per heavy atom. The van der Waals surface area contributed by atoms with Crippen molar-refractivity contribution in [1.29, 1.82) is 0 Å². The number of hydrogen-bond donors (Lipinski definition) is 1. The highest BCUT2D eigenvalue weighted by atomic mass is 32.2. The first kappa shape index (κ1) is 18.1. The van der Waals surface area contributed by atoms with Gasteiger partial charge in [-0.25, -0.2) is 18.4 Å². The van der Waals surface area contributed by atoms with E-state index in [1.807, 2.05) is 12.1 Å². The molecule has 4 rings (SSSR count). The Labute approximate surface area is 157 Å².